The third kappa shape index (κ3) is 1.07. The molecule has 0 aliphatic heterocycles. The van der Waals surface area contributed by atoms with Crippen molar-refractivity contribution in [2.45, 2.75) is 0 Å². The topological polar surface area (TPSA) is 26.0 Å². The Hall–Kier alpha value is -0.820. The molecule has 0 aromatic heterocycles. The fraction of sp³-hybridized carbons (Fsp3) is 0. The summed E-state index contributed by atoms with van der Waals surface area (Å²) >= 11 is 0. The number of nitrogens with two attached hydrogens (primary N) is 1. The van der Waals surface area contributed by atoms with Crippen LogP contribution < -0.4 is 5.73 Å². The van der Waals surface area contributed by atoms with Crippen molar-refractivity contribution in [3.8, 4) is 0 Å². The second-order valence-corrected chi connectivity index (χ2v) is 1.42. The number of hydrogen-bond acceptors (Lipinski definition) is 1. The summed E-state index contributed by atoms with van der Waals surface area (Å²) in [5.41, 5.74) is 5.88. The van der Waals surface area contributed by atoms with E-state index in [1.807, 2.05) is 18.2 Å². The van der Waals surface area contributed by atoms with Gasteiger partial charge in [-0.3, -0.25) is 0 Å². The van der Waals surface area contributed by atoms with E-state index in [9.17, 15) is 0 Å². The van der Waals surface area contributed by atoms with E-state index in [2.05, 4.69) is 12.6 Å². The highest BCUT2D eigenvalue weighted by Crippen LogP contribution is 1.94. The summed E-state index contributed by atoms with van der Waals surface area (Å²) < 4.78 is 0. The molecule has 1 rings (SSSR count). The average molecular weight is 104 g/mol. The maximum Gasteiger partial charge on any atom is 0.0910 e. The molecule has 0 aliphatic carbocycles. The van der Waals surface area contributed by atoms with E-state index in [0.717, 1.165) is 5.56 Å². The van der Waals surface area contributed by atoms with Gasteiger partial charge in [-0.15, -0.1) is 0 Å². The van der Waals surface area contributed by atoms with E-state index in [-0.39, 0.29) is 0 Å². The van der Waals surface area contributed by atoms with Gasteiger partial charge in [0.25, 0.3) is 0 Å². The maximum absolute atomic E-state index is 5.07. The third-order valence-electron chi connectivity index (χ3n) is 0.865. The molecular weight excluding hydrogens is 98.1 g/mol. The van der Waals surface area contributed by atoms with Gasteiger partial charge in [-0.2, -0.15) is 0 Å². The summed E-state index contributed by atoms with van der Waals surface area (Å²) in [4.78, 5) is 0. The van der Waals surface area contributed by atoms with Crippen molar-refractivity contribution in [1.82, 2.24) is 0 Å². The molecule has 3 radical (unpaired) electrons. The molecule has 0 aliphatic rings. The second kappa shape index (κ2) is 2.48. The van der Waals surface area contributed by atoms with Gasteiger partial charge in [0.1, 0.15) is 0 Å². The molecule has 0 atom stereocenters. The van der Waals surface area contributed by atoms with Gasteiger partial charge in [0.15, 0.2) is 0 Å². The molecule has 0 unspecified atom stereocenters. The van der Waals surface area contributed by atoms with E-state index in [1.165, 1.54) is 0 Å². The van der Waals surface area contributed by atoms with Crippen LogP contribution in [0.1, 0.15) is 5.56 Å². The number of benzene rings is 1. The number of hydrogen-bond donors (Lipinski definition) is 1. The van der Waals surface area contributed by atoms with Crippen LogP contribution in [0.2, 0.25) is 0 Å². The first-order valence-electron chi connectivity index (χ1n) is 2.37. The van der Waals surface area contributed by atoms with Gasteiger partial charge >= 0.3 is 0 Å². The fourth-order valence-electron chi connectivity index (χ4n) is 0.483. The zero-order chi connectivity index (χ0) is 5.82. The fourth-order valence-corrected chi connectivity index (χ4v) is 0.483. The summed E-state index contributed by atoms with van der Waals surface area (Å²) in [6.45, 7) is 2.47. The molecule has 0 spiro atoms. The summed E-state index contributed by atoms with van der Waals surface area (Å²) in [6, 6.07) is 10.3. The smallest absolute Gasteiger partial charge is 0.0910 e. The van der Waals surface area contributed by atoms with Crippen LogP contribution in [0.3, 0.4) is 0 Å². The van der Waals surface area contributed by atoms with Crippen molar-refractivity contribution in [2.24, 2.45) is 5.73 Å². The van der Waals surface area contributed by atoms with Gasteiger partial charge < -0.3 is 5.73 Å². The van der Waals surface area contributed by atoms with E-state index in [0.29, 0.717) is 0 Å². The zero-order valence-corrected chi connectivity index (χ0v) is 4.39. The van der Waals surface area contributed by atoms with E-state index in [4.69, 9.17) is 5.73 Å². The Kier molecular flexibility index (Phi) is 1.65. The predicted octanol–water partition coefficient (Wildman–Crippen LogP) is 0.832. The van der Waals surface area contributed by atoms with E-state index >= 15 is 0 Å². The molecule has 1 aromatic carbocycles. The Bertz CT molecular complexity index is 146. The van der Waals surface area contributed by atoms with Crippen molar-refractivity contribution in [1.29, 1.82) is 0 Å². The lowest BCUT2D eigenvalue weighted by Crippen LogP contribution is -1.90. The Morgan fingerprint density at radius 1 is 1.50 bits per heavy atom. The molecule has 0 saturated heterocycles. The lowest BCUT2D eigenvalue weighted by Gasteiger charge is -1.87. The van der Waals surface area contributed by atoms with Crippen LogP contribution in [-0.4, -0.2) is 0 Å². The van der Waals surface area contributed by atoms with Crippen molar-refractivity contribution in [2.75, 3.05) is 0 Å². The molecule has 8 heavy (non-hydrogen) atoms. The Morgan fingerprint density at radius 2 is 2.38 bits per heavy atom. The van der Waals surface area contributed by atoms with Crippen LogP contribution in [0.15, 0.2) is 24.3 Å². The lowest BCUT2D eigenvalue weighted by atomic mass is 10.2. The van der Waals surface area contributed by atoms with Gasteiger partial charge in [-0.1, -0.05) is 24.3 Å². The molecule has 39 valence electrons. The molecular formula is C7H6N. The summed E-state index contributed by atoms with van der Waals surface area (Å²) in [5, 5.41) is 0. The van der Waals surface area contributed by atoms with E-state index in [1.54, 1.807) is 6.07 Å². The molecule has 0 fully saturated rings. The third-order valence-corrected chi connectivity index (χ3v) is 0.865. The van der Waals surface area contributed by atoms with Crippen molar-refractivity contribution in [3.05, 3.63) is 42.4 Å². The van der Waals surface area contributed by atoms with Crippen molar-refractivity contribution >= 4 is 0 Å². The van der Waals surface area contributed by atoms with Gasteiger partial charge in [0, 0.05) is 0 Å². The molecule has 1 nitrogen and oxygen atoms in total. The maximum atomic E-state index is 5.07. The molecule has 0 heterocycles. The standard InChI is InChI=1S/C7H6N/c8-6-7-4-2-1-3-5-7/h1-4H,8H2. The molecule has 0 amide bonds. The molecule has 0 saturated carbocycles. The number of rotatable bonds is 1. The summed E-state index contributed by atoms with van der Waals surface area (Å²) in [7, 11) is 0. The molecule has 1 heteroatoms. The predicted molar refractivity (Wildman–Crippen MR) is 31.8 cm³/mol. The van der Waals surface area contributed by atoms with Gasteiger partial charge in [-0.25, -0.2) is 0 Å². The van der Waals surface area contributed by atoms with Crippen LogP contribution in [0.25, 0.3) is 0 Å². The highest BCUT2D eigenvalue weighted by Gasteiger charge is 1.82. The average Bonchev–Trinajstić information content (AvgIpc) is 1.90. The largest absolute Gasteiger partial charge is 0.318 e. The highest BCUT2D eigenvalue weighted by atomic mass is 14.5. The lowest BCUT2D eigenvalue weighted by molar-refractivity contribution is 1.35. The minimum absolute atomic E-state index is 0.813. The zero-order valence-electron chi connectivity index (χ0n) is 4.39. The summed E-state index contributed by atoms with van der Waals surface area (Å²) in [5.74, 6) is 0. The first kappa shape index (κ1) is 5.32. The Morgan fingerprint density at radius 3 is 2.75 bits per heavy atom. The molecule has 1 aromatic rings. The molecule has 2 N–H and O–H groups in total. The quantitative estimate of drug-likeness (QED) is 0.525. The van der Waals surface area contributed by atoms with Gasteiger partial charge in [0.05, 0.1) is 6.54 Å². The van der Waals surface area contributed by atoms with Crippen LogP contribution in [-0.2, 0) is 0 Å². The second-order valence-electron chi connectivity index (χ2n) is 1.42. The van der Waals surface area contributed by atoms with Crippen LogP contribution in [0, 0.1) is 12.6 Å². The van der Waals surface area contributed by atoms with Gasteiger partial charge in [-0.05, 0) is 11.6 Å². The Labute approximate surface area is 49.1 Å². The van der Waals surface area contributed by atoms with Crippen LogP contribution in [0.5, 0.6) is 0 Å². The van der Waals surface area contributed by atoms with Crippen LogP contribution in [0.4, 0.5) is 0 Å². The first-order chi connectivity index (χ1) is 3.93. The minimum Gasteiger partial charge on any atom is -0.318 e. The van der Waals surface area contributed by atoms with Gasteiger partial charge in [0.2, 0.25) is 0 Å². The summed E-state index contributed by atoms with van der Waals surface area (Å²) in [6.07, 6.45) is 0. The SMILES string of the molecule is N[C]c1[c]cccc1. The normalized spacial score (nSPS) is 9.12. The monoisotopic (exact) mass is 104 g/mol. The first-order valence-corrected chi connectivity index (χ1v) is 2.37. The molecule has 0 bridgehead atoms. The highest BCUT2D eigenvalue weighted by molar-refractivity contribution is 5.18. The van der Waals surface area contributed by atoms with E-state index < -0.39 is 0 Å². The minimum atomic E-state index is 0.813. The Balaban J connectivity index is 2.83. The van der Waals surface area contributed by atoms with Crippen LogP contribution >= 0.6 is 0 Å². The van der Waals surface area contributed by atoms with Crippen molar-refractivity contribution < 1.29 is 0 Å². The van der Waals surface area contributed by atoms with Crippen molar-refractivity contribution in [3.63, 3.8) is 0 Å².